The zero-order chi connectivity index (χ0) is 26.9. The highest BCUT2D eigenvalue weighted by Crippen LogP contribution is 2.57. The van der Waals surface area contributed by atoms with Crippen molar-refractivity contribution in [1.82, 2.24) is 29.5 Å². The second-order valence-corrected chi connectivity index (χ2v) is 11.3. The monoisotopic (exact) mass is 525 g/mol. The summed E-state index contributed by atoms with van der Waals surface area (Å²) in [5.41, 5.74) is 12.2. The van der Waals surface area contributed by atoms with Gasteiger partial charge < -0.3 is 10.8 Å². The van der Waals surface area contributed by atoms with Crippen LogP contribution < -0.4 is 5.73 Å². The molecule has 0 aliphatic heterocycles. The Bertz CT molecular complexity index is 1870. The molecule has 0 atom stereocenters. The van der Waals surface area contributed by atoms with Gasteiger partial charge in [0.05, 0.1) is 16.8 Å². The van der Waals surface area contributed by atoms with Gasteiger partial charge in [-0.3, -0.25) is 4.40 Å². The number of hydrogen-bond acceptors (Lipinski definition) is 7. The van der Waals surface area contributed by atoms with Gasteiger partial charge in [0.25, 0.3) is 0 Å². The highest BCUT2D eigenvalue weighted by Gasteiger charge is 2.58. The van der Waals surface area contributed by atoms with E-state index in [2.05, 4.69) is 62.6 Å². The third kappa shape index (κ3) is 3.64. The molecule has 0 spiro atoms. The zero-order valence-corrected chi connectivity index (χ0v) is 21.8. The highest BCUT2D eigenvalue weighted by molar-refractivity contribution is 5.98. The Morgan fingerprint density at radius 3 is 2.33 bits per heavy atom. The van der Waals surface area contributed by atoms with Crippen molar-refractivity contribution in [3.8, 4) is 34.0 Å². The van der Waals surface area contributed by atoms with Crippen molar-refractivity contribution in [3.05, 3.63) is 97.0 Å². The summed E-state index contributed by atoms with van der Waals surface area (Å²) < 4.78 is 1.91. The fraction of sp³-hybridized carbons (Fsp3) is 0.219. The van der Waals surface area contributed by atoms with Crippen LogP contribution in [0.5, 0.6) is 0 Å². The summed E-state index contributed by atoms with van der Waals surface area (Å²) >= 11 is 0. The highest BCUT2D eigenvalue weighted by atomic mass is 16.3. The molecule has 0 saturated heterocycles. The molecule has 2 aromatic carbocycles. The van der Waals surface area contributed by atoms with E-state index in [1.807, 2.05) is 34.9 Å². The summed E-state index contributed by atoms with van der Waals surface area (Å²) in [5.74, 6) is 1.52. The number of rotatable bonds is 5. The molecule has 2 fully saturated rings. The average molecular weight is 526 g/mol. The molecule has 8 rings (SSSR count). The molecule has 2 aliphatic rings. The molecule has 0 unspecified atom stereocenters. The first-order chi connectivity index (χ1) is 19.5. The summed E-state index contributed by atoms with van der Waals surface area (Å²) in [7, 11) is 0. The normalized spacial score (nSPS) is 22.4. The van der Waals surface area contributed by atoms with Crippen LogP contribution in [0.4, 0.5) is 0 Å². The third-order valence-corrected chi connectivity index (χ3v) is 8.53. The van der Waals surface area contributed by atoms with Crippen molar-refractivity contribution in [1.29, 1.82) is 0 Å². The largest absolute Gasteiger partial charge is 0.389 e. The predicted molar refractivity (Wildman–Crippen MR) is 153 cm³/mol. The van der Waals surface area contributed by atoms with Crippen molar-refractivity contribution in [2.45, 2.75) is 36.8 Å². The minimum atomic E-state index is -0.590. The van der Waals surface area contributed by atoms with E-state index in [0.29, 0.717) is 36.1 Å². The topological polar surface area (TPSA) is 115 Å². The first-order valence-corrected chi connectivity index (χ1v) is 13.6. The lowest BCUT2D eigenvalue weighted by atomic mass is 9.60. The summed E-state index contributed by atoms with van der Waals surface area (Å²) in [5, 5.41) is 20.7. The van der Waals surface area contributed by atoms with Crippen LogP contribution in [0.25, 0.3) is 50.6 Å². The fourth-order valence-electron chi connectivity index (χ4n) is 6.33. The van der Waals surface area contributed by atoms with Crippen LogP contribution in [0.2, 0.25) is 0 Å². The number of nitrogens with two attached hydrogens (primary N) is 1. The number of benzene rings is 2. The molecular formula is C32H27N7O. The summed E-state index contributed by atoms with van der Waals surface area (Å²) in [6.07, 6.45) is 8.79. The lowest BCUT2D eigenvalue weighted by Gasteiger charge is -2.52. The Morgan fingerprint density at radius 2 is 1.60 bits per heavy atom. The average Bonchev–Trinajstić information content (AvgIpc) is 3.76. The van der Waals surface area contributed by atoms with Gasteiger partial charge in [-0.15, -0.1) is 10.2 Å². The van der Waals surface area contributed by atoms with E-state index in [1.54, 1.807) is 18.5 Å². The van der Waals surface area contributed by atoms with Gasteiger partial charge in [-0.1, -0.05) is 54.6 Å². The Balaban J connectivity index is 1.24. The second kappa shape index (κ2) is 8.48. The van der Waals surface area contributed by atoms with E-state index in [0.717, 1.165) is 51.7 Å². The van der Waals surface area contributed by atoms with E-state index >= 15 is 0 Å². The number of pyridine rings is 2. The molecule has 3 N–H and O–H groups in total. The molecule has 2 saturated carbocycles. The minimum Gasteiger partial charge on any atom is -0.389 e. The van der Waals surface area contributed by atoms with Gasteiger partial charge in [-0.05, 0) is 60.9 Å². The van der Waals surface area contributed by atoms with Crippen LogP contribution in [0.1, 0.15) is 31.2 Å². The number of nitrogens with zero attached hydrogens (tertiary/aromatic N) is 6. The molecule has 196 valence electrons. The van der Waals surface area contributed by atoms with Crippen molar-refractivity contribution in [3.63, 3.8) is 0 Å². The number of aliphatic hydroxyl groups is 1. The van der Waals surface area contributed by atoms with Crippen LogP contribution in [0, 0.1) is 5.92 Å². The number of aromatic nitrogens is 6. The Morgan fingerprint density at radius 1 is 0.850 bits per heavy atom. The maximum atomic E-state index is 10.9. The molecule has 6 aromatic rings. The first-order valence-electron chi connectivity index (χ1n) is 13.6. The number of fused-ring (bicyclic) bond motifs is 3. The summed E-state index contributed by atoms with van der Waals surface area (Å²) in [6.45, 7) is 0. The van der Waals surface area contributed by atoms with E-state index in [1.165, 1.54) is 0 Å². The van der Waals surface area contributed by atoms with Crippen LogP contribution in [-0.2, 0) is 5.54 Å². The molecule has 40 heavy (non-hydrogen) atoms. The quantitative estimate of drug-likeness (QED) is 0.320. The lowest BCUT2D eigenvalue weighted by Crippen LogP contribution is -2.60. The van der Waals surface area contributed by atoms with Crippen molar-refractivity contribution in [2.24, 2.45) is 11.7 Å². The maximum Gasteiger partial charge on any atom is 0.206 e. The van der Waals surface area contributed by atoms with Gasteiger partial charge in [0.1, 0.15) is 0 Å². The SMILES string of the molecule is NC1(c2ccc(-c3nc4ccn5c(-c6ncccn6)nnc5c4cc3-c3ccccc3)cc2)CC(O)(C2CC2)C1. The van der Waals surface area contributed by atoms with E-state index < -0.39 is 11.1 Å². The van der Waals surface area contributed by atoms with E-state index in [9.17, 15) is 5.11 Å². The third-order valence-electron chi connectivity index (χ3n) is 8.53. The molecule has 0 amide bonds. The molecule has 2 aliphatic carbocycles. The lowest BCUT2D eigenvalue weighted by molar-refractivity contribution is -0.106. The van der Waals surface area contributed by atoms with Gasteiger partial charge in [0.15, 0.2) is 11.5 Å². The van der Waals surface area contributed by atoms with Gasteiger partial charge in [0, 0.05) is 40.6 Å². The Kier molecular flexibility index (Phi) is 4.96. The zero-order valence-electron chi connectivity index (χ0n) is 21.8. The van der Waals surface area contributed by atoms with Crippen LogP contribution in [-0.4, -0.2) is 40.3 Å². The standard InChI is InChI=1S/C32H27N7O/c33-31(18-32(40,19-31)23-11-12-23)22-9-7-21(8-10-22)27-24(20-5-2-1-3-6-20)17-25-26(36-27)13-16-39-29(25)37-38-30(39)28-34-14-4-15-35-28/h1-10,13-17,23,40H,11-12,18-19,33H2. The smallest absolute Gasteiger partial charge is 0.206 e. The van der Waals surface area contributed by atoms with Crippen LogP contribution in [0.15, 0.2) is 91.4 Å². The molecule has 4 aromatic heterocycles. The van der Waals surface area contributed by atoms with Gasteiger partial charge >= 0.3 is 0 Å². The molecular weight excluding hydrogens is 498 g/mol. The van der Waals surface area contributed by atoms with Gasteiger partial charge in [-0.25, -0.2) is 15.0 Å². The molecule has 8 nitrogen and oxygen atoms in total. The van der Waals surface area contributed by atoms with E-state index in [-0.39, 0.29) is 0 Å². The van der Waals surface area contributed by atoms with Gasteiger partial charge in [0.2, 0.25) is 5.82 Å². The minimum absolute atomic E-state index is 0.423. The number of hydrogen-bond donors (Lipinski definition) is 2. The summed E-state index contributed by atoms with van der Waals surface area (Å²) in [4.78, 5) is 13.9. The van der Waals surface area contributed by atoms with Crippen molar-refractivity contribution >= 4 is 16.6 Å². The van der Waals surface area contributed by atoms with Crippen molar-refractivity contribution in [2.75, 3.05) is 0 Å². The van der Waals surface area contributed by atoms with Crippen LogP contribution in [0.3, 0.4) is 0 Å². The summed E-state index contributed by atoms with van der Waals surface area (Å²) in [6, 6.07) is 24.5. The Labute approximate surface area is 230 Å². The predicted octanol–water partition coefficient (Wildman–Crippen LogP) is 5.16. The van der Waals surface area contributed by atoms with E-state index in [4.69, 9.17) is 10.7 Å². The van der Waals surface area contributed by atoms with Crippen LogP contribution >= 0.6 is 0 Å². The second-order valence-electron chi connectivity index (χ2n) is 11.3. The van der Waals surface area contributed by atoms with Crippen molar-refractivity contribution < 1.29 is 5.11 Å². The molecule has 4 heterocycles. The molecule has 0 bridgehead atoms. The molecule has 0 radical (unpaired) electrons. The molecule has 8 heteroatoms. The fourth-order valence-corrected chi connectivity index (χ4v) is 6.33. The first kappa shape index (κ1) is 23.4. The maximum absolute atomic E-state index is 10.9. The van der Waals surface area contributed by atoms with Gasteiger partial charge in [-0.2, -0.15) is 0 Å². The Hall–Kier alpha value is -4.53.